The minimum Gasteiger partial charge on any atom is -0.392 e. The predicted molar refractivity (Wildman–Crippen MR) is 133 cm³/mol. The maximum atomic E-state index is 10.8. The Morgan fingerprint density at radius 3 is 2.42 bits per heavy atom. The van der Waals surface area contributed by atoms with Gasteiger partial charge in [0.2, 0.25) is 0 Å². The molecule has 1 heteroatoms. The molecular formula is C30H50O. The molecule has 3 saturated carbocycles. The molecule has 4 aliphatic rings. The van der Waals surface area contributed by atoms with Gasteiger partial charge in [0.25, 0.3) is 0 Å². The zero-order chi connectivity index (χ0) is 22.8. The number of fused-ring (bicyclic) bond motifs is 5. The molecule has 8 unspecified atom stereocenters. The number of aliphatic hydroxyl groups is 1. The second kappa shape index (κ2) is 7.75. The van der Waals surface area contributed by atoms with Crippen molar-refractivity contribution in [2.75, 3.05) is 0 Å². The van der Waals surface area contributed by atoms with Gasteiger partial charge in [-0.15, -0.1) is 0 Å². The summed E-state index contributed by atoms with van der Waals surface area (Å²) in [6.07, 6.45) is 16.5. The minimum absolute atomic E-state index is 0.0252. The molecule has 0 heterocycles. The van der Waals surface area contributed by atoms with Gasteiger partial charge in [-0.05, 0) is 117 Å². The number of rotatable bonds is 4. The SMILES string of the molecule is CC(C)=CCCC(C)C1CCC2(C)C3CCC4C(=CCC(O)C4(C)C)C3(C)CCC12C. The molecule has 0 aromatic carbocycles. The fourth-order valence-electron chi connectivity index (χ4n) is 9.46. The Kier molecular flexibility index (Phi) is 5.90. The van der Waals surface area contributed by atoms with E-state index in [1.165, 1.54) is 56.9 Å². The number of allylic oxidation sites excluding steroid dienone is 3. The molecule has 0 saturated heterocycles. The van der Waals surface area contributed by atoms with Crippen LogP contribution in [0.25, 0.3) is 0 Å². The summed E-state index contributed by atoms with van der Waals surface area (Å²) in [5.74, 6) is 3.09. The second-order valence-corrected chi connectivity index (χ2v) is 13.6. The smallest absolute Gasteiger partial charge is 0.0631 e. The molecule has 176 valence electrons. The normalized spacial score (nSPS) is 46.9. The van der Waals surface area contributed by atoms with Crippen molar-refractivity contribution in [3.63, 3.8) is 0 Å². The van der Waals surface area contributed by atoms with Crippen LogP contribution in [0, 0.1) is 45.3 Å². The summed E-state index contributed by atoms with van der Waals surface area (Å²) in [6, 6.07) is 0. The summed E-state index contributed by atoms with van der Waals surface area (Å²) in [7, 11) is 0. The van der Waals surface area contributed by atoms with E-state index in [0.29, 0.717) is 22.2 Å². The lowest BCUT2D eigenvalue weighted by molar-refractivity contribution is -0.131. The van der Waals surface area contributed by atoms with E-state index in [1.54, 1.807) is 5.57 Å². The van der Waals surface area contributed by atoms with Crippen LogP contribution in [0.15, 0.2) is 23.3 Å². The van der Waals surface area contributed by atoms with Gasteiger partial charge in [-0.2, -0.15) is 0 Å². The highest BCUT2D eigenvalue weighted by atomic mass is 16.3. The molecule has 0 radical (unpaired) electrons. The van der Waals surface area contributed by atoms with Gasteiger partial charge in [0, 0.05) is 0 Å². The molecule has 0 aromatic heterocycles. The molecule has 0 bridgehead atoms. The highest BCUT2D eigenvalue weighted by molar-refractivity contribution is 5.31. The van der Waals surface area contributed by atoms with E-state index in [-0.39, 0.29) is 11.5 Å². The van der Waals surface area contributed by atoms with Crippen molar-refractivity contribution in [1.29, 1.82) is 0 Å². The van der Waals surface area contributed by atoms with Crippen molar-refractivity contribution in [1.82, 2.24) is 0 Å². The molecule has 4 rings (SSSR count). The van der Waals surface area contributed by atoms with Crippen LogP contribution < -0.4 is 0 Å². The van der Waals surface area contributed by atoms with Crippen LogP contribution in [0.4, 0.5) is 0 Å². The average Bonchev–Trinajstić information content (AvgIpc) is 2.96. The lowest BCUT2D eigenvalue weighted by Gasteiger charge is -2.66. The Bertz CT molecular complexity index is 754. The van der Waals surface area contributed by atoms with Crippen LogP contribution in [0.3, 0.4) is 0 Å². The van der Waals surface area contributed by atoms with E-state index in [1.807, 2.05) is 0 Å². The molecule has 1 nitrogen and oxygen atoms in total. The lowest BCUT2D eigenvalue weighted by atomic mass is 9.39. The van der Waals surface area contributed by atoms with E-state index in [0.717, 1.165) is 24.2 Å². The van der Waals surface area contributed by atoms with Gasteiger partial charge in [0.15, 0.2) is 0 Å². The number of aliphatic hydroxyl groups excluding tert-OH is 1. The predicted octanol–water partition coefficient (Wildman–Crippen LogP) is 8.34. The zero-order valence-corrected chi connectivity index (χ0v) is 21.9. The van der Waals surface area contributed by atoms with E-state index in [4.69, 9.17) is 0 Å². The molecule has 1 N–H and O–H groups in total. The third kappa shape index (κ3) is 3.34. The van der Waals surface area contributed by atoms with Gasteiger partial charge < -0.3 is 5.11 Å². The minimum atomic E-state index is -0.177. The molecule has 31 heavy (non-hydrogen) atoms. The van der Waals surface area contributed by atoms with Crippen molar-refractivity contribution >= 4 is 0 Å². The van der Waals surface area contributed by atoms with Crippen molar-refractivity contribution in [3.8, 4) is 0 Å². The summed E-state index contributed by atoms with van der Waals surface area (Å²) in [6.45, 7) is 19.7. The van der Waals surface area contributed by atoms with Crippen LogP contribution in [0.2, 0.25) is 0 Å². The average molecular weight is 427 g/mol. The first kappa shape index (κ1) is 23.6. The topological polar surface area (TPSA) is 20.2 Å². The fraction of sp³-hybridized carbons (Fsp3) is 0.867. The maximum Gasteiger partial charge on any atom is 0.0631 e. The Morgan fingerprint density at radius 2 is 1.74 bits per heavy atom. The van der Waals surface area contributed by atoms with Gasteiger partial charge in [0.1, 0.15) is 0 Å². The fourth-order valence-corrected chi connectivity index (χ4v) is 9.46. The Hall–Kier alpha value is -0.560. The molecule has 0 amide bonds. The molecule has 0 spiro atoms. The molecule has 8 atom stereocenters. The molecular weight excluding hydrogens is 376 g/mol. The monoisotopic (exact) mass is 426 g/mol. The van der Waals surface area contributed by atoms with Crippen LogP contribution in [0.5, 0.6) is 0 Å². The quantitative estimate of drug-likeness (QED) is 0.448. The summed E-state index contributed by atoms with van der Waals surface area (Å²) in [5, 5.41) is 10.8. The molecule has 0 aliphatic heterocycles. The third-order valence-electron chi connectivity index (χ3n) is 11.8. The van der Waals surface area contributed by atoms with Gasteiger partial charge in [-0.1, -0.05) is 64.8 Å². The highest BCUT2D eigenvalue weighted by Gasteiger charge is 2.67. The van der Waals surface area contributed by atoms with Crippen molar-refractivity contribution in [2.24, 2.45) is 45.3 Å². The van der Waals surface area contributed by atoms with Crippen LogP contribution >= 0.6 is 0 Å². The summed E-state index contributed by atoms with van der Waals surface area (Å²) in [4.78, 5) is 0. The van der Waals surface area contributed by atoms with Gasteiger partial charge in [-0.3, -0.25) is 0 Å². The molecule has 3 fully saturated rings. The summed E-state index contributed by atoms with van der Waals surface area (Å²) in [5.41, 5.74) is 4.52. The first-order chi connectivity index (χ1) is 14.4. The van der Waals surface area contributed by atoms with E-state index >= 15 is 0 Å². The summed E-state index contributed by atoms with van der Waals surface area (Å²) < 4.78 is 0. The Balaban J connectivity index is 1.61. The van der Waals surface area contributed by atoms with Crippen LogP contribution in [-0.2, 0) is 0 Å². The van der Waals surface area contributed by atoms with Crippen LogP contribution in [0.1, 0.15) is 113 Å². The second-order valence-electron chi connectivity index (χ2n) is 13.6. The zero-order valence-electron chi connectivity index (χ0n) is 21.9. The lowest BCUT2D eigenvalue weighted by Crippen LogP contribution is -2.58. The Morgan fingerprint density at radius 1 is 1.03 bits per heavy atom. The molecule has 0 aromatic rings. The molecule has 4 aliphatic carbocycles. The van der Waals surface area contributed by atoms with E-state index < -0.39 is 0 Å². The maximum absolute atomic E-state index is 10.8. The Labute approximate surface area is 193 Å². The first-order valence-corrected chi connectivity index (χ1v) is 13.4. The number of hydrogen-bond acceptors (Lipinski definition) is 1. The highest BCUT2D eigenvalue weighted by Crippen LogP contribution is 2.75. The van der Waals surface area contributed by atoms with E-state index in [9.17, 15) is 5.11 Å². The van der Waals surface area contributed by atoms with E-state index in [2.05, 4.69) is 67.5 Å². The van der Waals surface area contributed by atoms with Gasteiger partial charge in [-0.25, -0.2) is 0 Å². The van der Waals surface area contributed by atoms with Crippen LogP contribution in [-0.4, -0.2) is 11.2 Å². The third-order valence-corrected chi connectivity index (χ3v) is 11.8. The van der Waals surface area contributed by atoms with Gasteiger partial charge in [0.05, 0.1) is 6.10 Å². The first-order valence-electron chi connectivity index (χ1n) is 13.4. The summed E-state index contributed by atoms with van der Waals surface area (Å²) >= 11 is 0. The van der Waals surface area contributed by atoms with Gasteiger partial charge >= 0.3 is 0 Å². The largest absolute Gasteiger partial charge is 0.392 e. The van der Waals surface area contributed by atoms with Crippen molar-refractivity contribution < 1.29 is 5.11 Å². The van der Waals surface area contributed by atoms with Crippen molar-refractivity contribution in [3.05, 3.63) is 23.3 Å². The van der Waals surface area contributed by atoms with Crippen molar-refractivity contribution in [2.45, 2.75) is 119 Å². The standard InChI is InChI=1S/C30H50O/c1-20(2)10-9-11-21(3)22-16-17-30(8)25-14-12-23-24(13-15-26(31)27(23,4)5)28(25,6)18-19-29(22,30)7/h10,13,21-23,25-26,31H,9,11-12,14-19H2,1-8H3. The number of hydrogen-bond donors (Lipinski definition) is 1.